The lowest BCUT2D eigenvalue weighted by atomic mass is 9.77. The fourth-order valence-corrected chi connectivity index (χ4v) is 4.26. The number of pyridine rings is 1. The molecule has 4 rings (SSSR count). The molecule has 0 spiro atoms. The number of hydrogen-bond acceptors (Lipinski definition) is 4. The highest BCUT2D eigenvalue weighted by molar-refractivity contribution is 5.69. The molecule has 1 aliphatic rings. The summed E-state index contributed by atoms with van der Waals surface area (Å²) >= 11 is 0. The minimum absolute atomic E-state index is 0.134. The van der Waals surface area contributed by atoms with Crippen molar-refractivity contribution in [1.82, 2.24) is 15.0 Å². The quantitative estimate of drug-likeness (QED) is 0.358. The molecule has 5 nitrogen and oxygen atoms in total. The van der Waals surface area contributed by atoms with Crippen molar-refractivity contribution in [2.24, 2.45) is 5.92 Å². The van der Waals surface area contributed by atoms with Gasteiger partial charge in [-0.2, -0.15) is 13.2 Å². The Morgan fingerprint density at radius 1 is 0.917 bits per heavy atom. The average Bonchev–Trinajstić information content (AvgIpc) is 3.43. The first kappa shape index (κ1) is 29.1. The minimum Gasteiger partial charge on any atom is -0.469 e. The molecule has 196 valence electrons. The highest BCUT2D eigenvalue weighted by atomic mass is 19.4. The molecule has 0 radical (unpaired) electrons. The van der Waals surface area contributed by atoms with Crippen LogP contribution in [0.2, 0.25) is 0 Å². The fourth-order valence-electron chi connectivity index (χ4n) is 4.26. The van der Waals surface area contributed by atoms with Crippen molar-refractivity contribution in [2.45, 2.75) is 71.9 Å². The summed E-state index contributed by atoms with van der Waals surface area (Å²) in [6.45, 7) is 8.00. The van der Waals surface area contributed by atoms with Crippen LogP contribution in [0.1, 0.15) is 77.0 Å². The standard InChI is InChI=1S/C24H24F3N3O2.2C2H6/c1-32-22(31)12-15-2-4-16(5-3-15)17-6-8-18(9-7-17)20-11-10-19(13-28-20)23-29-14-21(30-23)24(25,26)27;2*1-2/h6-11,13-16H,2-5,12H2,1H3,(H,29,30);2*1-2H3. The third-order valence-electron chi connectivity index (χ3n) is 6.13. The molecule has 0 atom stereocenters. The van der Waals surface area contributed by atoms with Gasteiger partial charge < -0.3 is 9.72 Å². The van der Waals surface area contributed by atoms with Crippen molar-refractivity contribution in [3.63, 3.8) is 0 Å². The maximum Gasteiger partial charge on any atom is 0.432 e. The van der Waals surface area contributed by atoms with Gasteiger partial charge in [0.1, 0.15) is 11.5 Å². The van der Waals surface area contributed by atoms with Gasteiger partial charge in [0.15, 0.2) is 0 Å². The van der Waals surface area contributed by atoms with E-state index in [9.17, 15) is 18.0 Å². The number of imidazole rings is 1. The number of carbonyl (C=O) groups is 1. The first-order valence-electron chi connectivity index (χ1n) is 12.6. The van der Waals surface area contributed by atoms with Gasteiger partial charge in [0.2, 0.25) is 0 Å². The molecule has 2 heterocycles. The van der Waals surface area contributed by atoms with Crippen LogP contribution < -0.4 is 0 Å². The molecule has 1 fully saturated rings. The Kier molecular flexibility index (Phi) is 11.1. The lowest BCUT2D eigenvalue weighted by Gasteiger charge is -2.28. The van der Waals surface area contributed by atoms with Crippen LogP contribution in [0.4, 0.5) is 13.2 Å². The summed E-state index contributed by atoms with van der Waals surface area (Å²) in [4.78, 5) is 22.0. The molecule has 0 bridgehead atoms. The van der Waals surface area contributed by atoms with Crippen molar-refractivity contribution in [1.29, 1.82) is 0 Å². The molecule has 0 amide bonds. The Hall–Kier alpha value is -3.16. The van der Waals surface area contributed by atoms with E-state index in [1.54, 1.807) is 12.1 Å². The van der Waals surface area contributed by atoms with Crippen LogP contribution in [0.5, 0.6) is 0 Å². The number of nitrogens with zero attached hydrogens (tertiary/aromatic N) is 2. The fraction of sp³-hybridized carbons (Fsp3) is 0.464. The number of rotatable bonds is 5. The number of hydrogen-bond donors (Lipinski definition) is 1. The molecule has 1 saturated carbocycles. The number of ether oxygens (including phenoxy) is 1. The average molecular weight is 504 g/mol. The van der Waals surface area contributed by atoms with Crippen molar-refractivity contribution in [2.75, 3.05) is 7.11 Å². The highest BCUT2D eigenvalue weighted by Gasteiger charge is 2.33. The van der Waals surface area contributed by atoms with Gasteiger partial charge in [-0.3, -0.25) is 9.78 Å². The molecule has 8 heteroatoms. The second kappa shape index (κ2) is 13.8. The maximum atomic E-state index is 12.7. The Balaban J connectivity index is 0.00000109. The number of carbonyl (C=O) groups excluding carboxylic acids is 1. The number of nitrogens with one attached hydrogen (secondary N) is 1. The SMILES string of the molecule is CC.CC.COC(=O)CC1CCC(c2ccc(-c3ccc(-c4ncc(C(F)(F)F)[nH]4)cn3)cc2)CC1. The van der Waals surface area contributed by atoms with E-state index in [4.69, 9.17) is 4.74 Å². The zero-order valence-corrected chi connectivity index (χ0v) is 21.7. The van der Waals surface area contributed by atoms with Gasteiger partial charge in [0.25, 0.3) is 0 Å². The molecule has 1 aromatic carbocycles. The highest BCUT2D eigenvalue weighted by Crippen LogP contribution is 2.37. The third kappa shape index (κ3) is 7.67. The van der Waals surface area contributed by atoms with Crippen LogP contribution in [0.3, 0.4) is 0 Å². The second-order valence-corrected chi connectivity index (χ2v) is 8.20. The number of aromatic nitrogens is 3. The van der Waals surface area contributed by atoms with Gasteiger partial charge in [0, 0.05) is 23.7 Å². The molecule has 36 heavy (non-hydrogen) atoms. The summed E-state index contributed by atoms with van der Waals surface area (Å²) < 4.78 is 43.0. The van der Waals surface area contributed by atoms with E-state index in [1.807, 2.05) is 39.8 Å². The van der Waals surface area contributed by atoms with Gasteiger partial charge in [-0.1, -0.05) is 52.0 Å². The van der Waals surface area contributed by atoms with Crippen LogP contribution in [0.25, 0.3) is 22.6 Å². The number of esters is 1. The van der Waals surface area contributed by atoms with Gasteiger partial charge in [-0.25, -0.2) is 4.98 Å². The van der Waals surface area contributed by atoms with E-state index in [2.05, 4.69) is 27.1 Å². The summed E-state index contributed by atoms with van der Waals surface area (Å²) in [6.07, 6.45) is 2.49. The molecular formula is C28H36F3N3O2. The molecule has 1 N–H and O–H groups in total. The lowest BCUT2D eigenvalue weighted by Crippen LogP contribution is -2.17. The smallest absolute Gasteiger partial charge is 0.432 e. The van der Waals surface area contributed by atoms with Gasteiger partial charge >= 0.3 is 12.1 Å². The van der Waals surface area contributed by atoms with Crippen LogP contribution in [0, 0.1) is 5.92 Å². The van der Waals surface area contributed by atoms with Crippen LogP contribution in [-0.4, -0.2) is 28.0 Å². The van der Waals surface area contributed by atoms with Crippen molar-refractivity contribution in [3.8, 4) is 22.6 Å². The summed E-state index contributed by atoms with van der Waals surface area (Å²) in [5, 5.41) is 0. The molecule has 3 aromatic rings. The van der Waals surface area contributed by atoms with E-state index in [0.29, 0.717) is 23.8 Å². The van der Waals surface area contributed by atoms with Gasteiger partial charge in [0.05, 0.1) is 19.0 Å². The first-order valence-corrected chi connectivity index (χ1v) is 12.6. The Morgan fingerprint density at radius 3 is 2.03 bits per heavy atom. The van der Waals surface area contributed by atoms with Crippen molar-refractivity contribution in [3.05, 3.63) is 60.0 Å². The predicted molar refractivity (Wildman–Crippen MR) is 136 cm³/mol. The summed E-state index contributed by atoms with van der Waals surface area (Å²) in [6, 6.07) is 11.7. The van der Waals surface area contributed by atoms with Gasteiger partial charge in [-0.15, -0.1) is 0 Å². The maximum absolute atomic E-state index is 12.7. The van der Waals surface area contributed by atoms with E-state index in [-0.39, 0.29) is 11.8 Å². The van der Waals surface area contributed by atoms with E-state index in [1.165, 1.54) is 18.9 Å². The van der Waals surface area contributed by atoms with E-state index in [0.717, 1.165) is 43.1 Å². The number of benzene rings is 1. The Bertz CT molecular complexity index is 1050. The topological polar surface area (TPSA) is 67.9 Å². The Labute approximate surface area is 211 Å². The Morgan fingerprint density at radius 2 is 1.53 bits per heavy atom. The molecule has 0 unspecified atom stereocenters. The van der Waals surface area contributed by atoms with Crippen LogP contribution in [0.15, 0.2) is 48.8 Å². The van der Waals surface area contributed by atoms with E-state index >= 15 is 0 Å². The number of halogens is 3. The zero-order chi connectivity index (χ0) is 26.7. The largest absolute Gasteiger partial charge is 0.469 e. The number of aromatic amines is 1. The molecule has 1 aliphatic carbocycles. The number of H-pyrrole nitrogens is 1. The second-order valence-electron chi connectivity index (χ2n) is 8.20. The van der Waals surface area contributed by atoms with Crippen molar-refractivity contribution < 1.29 is 22.7 Å². The molecule has 0 aliphatic heterocycles. The summed E-state index contributed by atoms with van der Waals surface area (Å²) in [5.41, 5.74) is 2.56. The first-order chi connectivity index (χ1) is 17.3. The van der Waals surface area contributed by atoms with E-state index < -0.39 is 11.9 Å². The third-order valence-corrected chi connectivity index (χ3v) is 6.13. The van der Waals surface area contributed by atoms with Gasteiger partial charge in [-0.05, 0) is 55.2 Å². The molecule has 2 aromatic heterocycles. The number of methoxy groups -OCH3 is 1. The minimum atomic E-state index is -4.46. The lowest BCUT2D eigenvalue weighted by molar-refractivity contribution is -0.142. The van der Waals surface area contributed by atoms with Crippen molar-refractivity contribution >= 4 is 5.97 Å². The number of alkyl halides is 3. The zero-order valence-electron chi connectivity index (χ0n) is 21.7. The van der Waals surface area contributed by atoms with Crippen LogP contribution in [-0.2, 0) is 15.7 Å². The summed E-state index contributed by atoms with van der Waals surface area (Å²) in [7, 11) is 1.43. The normalized spacial score (nSPS) is 17.2. The monoisotopic (exact) mass is 503 g/mol. The summed E-state index contributed by atoms with van der Waals surface area (Å²) in [5.74, 6) is 0.885. The predicted octanol–water partition coefficient (Wildman–Crippen LogP) is 8.05. The van der Waals surface area contributed by atoms with Crippen LogP contribution >= 0.6 is 0 Å². The molecule has 0 saturated heterocycles. The molecular weight excluding hydrogens is 467 g/mol.